The lowest BCUT2D eigenvalue weighted by atomic mass is 10.0. The molecule has 0 amide bonds. The normalized spacial score (nSPS) is 11.9. The number of thiazole rings is 2. The van der Waals surface area contributed by atoms with Crippen molar-refractivity contribution >= 4 is 43.1 Å². The Morgan fingerprint density at radius 1 is 0.762 bits per heavy atom. The lowest BCUT2D eigenvalue weighted by molar-refractivity contribution is -0.185. The molecular weight excluding hydrogens is 594 g/mol. The first-order chi connectivity index (χ1) is 20.1. The van der Waals surface area contributed by atoms with Gasteiger partial charge in [0.15, 0.2) is 17.5 Å². The first-order valence-corrected chi connectivity index (χ1v) is 14.2. The number of benzene rings is 4. The number of rotatable bonds is 8. The van der Waals surface area contributed by atoms with Gasteiger partial charge in [-0.05, 0) is 54.3 Å². The average molecular weight is 613 g/mol. The first-order valence-electron chi connectivity index (χ1n) is 12.5. The number of fused-ring (bicyclic) bond motifs is 2. The van der Waals surface area contributed by atoms with Crippen molar-refractivity contribution in [2.75, 3.05) is 0 Å². The van der Waals surface area contributed by atoms with Gasteiger partial charge in [-0.3, -0.25) is 0 Å². The molecule has 0 aliphatic rings. The van der Waals surface area contributed by atoms with Crippen LogP contribution in [0.15, 0.2) is 79.4 Å². The van der Waals surface area contributed by atoms with Gasteiger partial charge in [-0.2, -0.15) is 8.78 Å². The van der Waals surface area contributed by atoms with Gasteiger partial charge in [-0.1, -0.05) is 30.3 Å². The predicted molar refractivity (Wildman–Crippen MR) is 153 cm³/mol. The Balaban J connectivity index is 1.26. The van der Waals surface area contributed by atoms with E-state index in [1.165, 1.54) is 35.1 Å². The number of alkyl halides is 2. The maximum Gasteiger partial charge on any atom is 0.454 e. The second-order valence-electron chi connectivity index (χ2n) is 9.36. The van der Waals surface area contributed by atoms with E-state index in [2.05, 4.69) is 27.4 Å². The minimum Gasteiger partial charge on any atom is -0.427 e. The summed E-state index contributed by atoms with van der Waals surface area (Å²) in [5.74, 6) is -6.55. The fourth-order valence-corrected chi connectivity index (χ4v) is 6.34. The Kier molecular flexibility index (Phi) is 7.24. The molecule has 3 nitrogen and oxygen atoms in total. The quantitative estimate of drug-likeness (QED) is 0.0975. The molecule has 2 heterocycles. The second kappa shape index (κ2) is 10.9. The molecule has 0 bridgehead atoms. The number of nitrogens with zero attached hydrogens (tertiary/aromatic N) is 2. The largest absolute Gasteiger partial charge is 0.454 e. The van der Waals surface area contributed by atoms with Gasteiger partial charge in [0.2, 0.25) is 5.01 Å². The van der Waals surface area contributed by atoms with Crippen LogP contribution in [0.4, 0.5) is 26.3 Å². The Morgan fingerprint density at radius 2 is 1.45 bits per heavy atom. The maximum atomic E-state index is 15.3. The lowest BCUT2D eigenvalue weighted by Gasteiger charge is -2.15. The zero-order valence-electron chi connectivity index (χ0n) is 21.4. The van der Waals surface area contributed by atoms with Gasteiger partial charge >= 0.3 is 6.11 Å². The number of hydrogen-bond donors (Lipinski definition) is 0. The van der Waals surface area contributed by atoms with Gasteiger partial charge in [-0.15, -0.1) is 29.3 Å². The van der Waals surface area contributed by atoms with Gasteiger partial charge in [0.25, 0.3) is 0 Å². The van der Waals surface area contributed by atoms with Crippen LogP contribution in [0.5, 0.6) is 5.75 Å². The highest BCUT2D eigenvalue weighted by Crippen LogP contribution is 2.39. The summed E-state index contributed by atoms with van der Waals surface area (Å²) in [6.07, 6.45) is -0.463. The van der Waals surface area contributed by atoms with Crippen LogP contribution in [-0.2, 0) is 12.5 Å². The molecule has 212 valence electrons. The molecule has 11 heteroatoms. The molecule has 0 saturated carbocycles. The molecule has 0 fully saturated rings. The number of halogens is 6. The van der Waals surface area contributed by atoms with Crippen LogP contribution in [-0.4, -0.2) is 9.97 Å². The number of aryl methyl sites for hydroxylation is 1. The number of ether oxygens (including phenoxy) is 1. The molecule has 0 spiro atoms. The van der Waals surface area contributed by atoms with Crippen molar-refractivity contribution in [2.24, 2.45) is 0 Å². The van der Waals surface area contributed by atoms with Crippen molar-refractivity contribution in [1.82, 2.24) is 9.97 Å². The van der Waals surface area contributed by atoms with Crippen LogP contribution < -0.4 is 4.74 Å². The molecular formula is C31H18F6N2OS2. The van der Waals surface area contributed by atoms with Gasteiger partial charge in [-0.25, -0.2) is 27.5 Å². The van der Waals surface area contributed by atoms with Gasteiger partial charge in [0, 0.05) is 23.3 Å². The Bertz CT molecular complexity index is 1960. The highest BCUT2D eigenvalue weighted by Gasteiger charge is 2.39. The minimum atomic E-state index is -4.07. The van der Waals surface area contributed by atoms with Crippen LogP contribution in [0.2, 0.25) is 0 Å². The van der Waals surface area contributed by atoms with E-state index < -0.39 is 40.1 Å². The van der Waals surface area contributed by atoms with Crippen molar-refractivity contribution in [3.63, 3.8) is 0 Å². The van der Waals surface area contributed by atoms with E-state index in [0.717, 1.165) is 23.1 Å². The lowest BCUT2D eigenvalue weighted by Crippen LogP contribution is -2.21. The molecule has 6 aromatic rings. The standard InChI is InChI=1S/C31H18F6N2OS2/c1-2-3-4-16-5-9-24-26(11-16)41-29(38-24)18-6-8-20(21(32)12-18)17-7-10-25-27(13-17)42-30(39-25)31(36,37)40-19-14-22(33)28(35)23(34)15-19/h2,5-15H,1,3-4H2. The Hall–Kier alpha value is -4.22. The monoisotopic (exact) mass is 612 g/mol. The van der Waals surface area contributed by atoms with E-state index >= 15 is 4.39 Å². The summed E-state index contributed by atoms with van der Waals surface area (Å²) >= 11 is 2.04. The number of aromatic nitrogens is 2. The smallest absolute Gasteiger partial charge is 0.427 e. The zero-order valence-corrected chi connectivity index (χ0v) is 23.1. The summed E-state index contributed by atoms with van der Waals surface area (Å²) in [4.78, 5) is 8.51. The van der Waals surface area contributed by atoms with Crippen LogP contribution in [0.3, 0.4) is 0 Å². The second-order valence-corrected chi connectivity index (χ2v) is 11.4. The highest BCUT2D eigenvalue weighted by atomic mass is 32.1. The van der Waals surface area contributed by atoms with Crippen molar-refractivity contribution in [2.45, 2.75) is 19.0 Å². The molecule has 0 unspecified atom stereocenters. The third-order valence-corrected chi connectivity index (χ3v) is 8.59. The fourth-order valence-electron chi connectivity index (χ4n) is 4.40. The fraction of sp³-hybridized carbons (Fsp3) is 0.0968. The highest BCUT2D eigenvalue weighted by molar-refractivity contribution is 7.21. The topological polar surface area (TPSA) is 35.0 Å². The summed E-state index contributed by atoms with van der Waals surface area (Å²) < 4.78 is 90.8. The summed E-state index contributed by atoms with van der Waals surface area (Å²) in [5.41, 5.74) is 3.48. The maximum absolute atomic E-state index is 15.3. The van der Waals surface area contributed by atoms with Crippen LogP contribution >= 0.6 is 22.7 Å². The van der Waals surface area contributed by atoms with Crippen molar-refractivity contribution in [3.8, 4) is 27.4 Å². The minimum absolute atomic E-state index is 0.192. The van der Waals surface area contributed by atoms with E-state index in [9.17, 15) is 22.0 Å². The van der Waals surface area contributed by atoms with Crippen LogP contribution in [0.1, 0.15) is 17.0 Å². The van der Waals surface area contributed by atoms with Crippen molar-refractivity contribution in [3.05, 3.63) is 113 Å². The molecule has 0 atom stereocenters. The van der Waals surface area contributed by atoms with Gasteiger partial charge in [0.05, 0.1) is 20.4 Å². The van der Waals surface area contributed by atoms with E-state index in [4.69, 9.17) is 0 Å². The van der Waals surface area contributed by atoms with E-state index in [0.29, 0.717) is 44.3 Å². The van der Waals surface area contributed by atoms with Crippen LogP contribution in [0, 0.1) is 23.3 Å². The third-order valence-electron chi connectivity index (χ3n) is 6.46. The Labute approximate surface area is 243 Å². The SMILES string of the molecule is C=CCCc1ccc2nc(-c3ccc(-c4ccc5nc(C(F)(F)Oc6cc(F)c(F)c(F)c6)sc5c4)c(F)c3)sc2c1. The third kappa shape index (κ3) is 5.37. The predicted octanol–water partition coefficient (Wildman–Crippen LogP) is 10.0. The van der Waals surface area contributed by atoms with Gasteiger partial charge in [0.1, 0.15) is 16.6 Å². The summed E-state index contributed by atoms with van der Waals surface area (Å²) in [7, 11) is 0. The molecule has 0 aliphatic carbocycles. The molecule has 4 aromatic carbocycles. The molecule has 2 aromatic heterocycles. The number of hydrogen-bond acceptors (Lipinski definition) is 5. The van der Waals surface area contributed by atoms with Crippen molar-refractivity contribution in [1.29, 1.82) is 0 Å². The molecule has 0 radical (unpaired) electrons. The van der Waals surface area contributed by atoms with Crippen LogP contribution in [0.25, 0.3) is 42.1 Å². The van der Waals surface area contributed by atoms with Crippen molar-refractivity contribution < 1.29 is 31.1 Å². The average Bonchev–Trinajstić information content (AvgIpc) is 3.59. The summed E-state index contributed by atoms with van der Waals surface area (Å²) in [6, 6.07) is 15.9. The summed E-state index contributed by atoms with van der Waals surface area (Å²) in [6.45, 7) is 3.75. The molecule has 0 saturated heterocycles. The number of allylic oxidation sites excluding steroid dienone is 1. The molecule has 0 N–H and O–H groups in total. The Morgan fingerprint density at radius 3 is 2.19 bits per heavy atom. The summed E-state index contributed by atoms with van der Waals surface area (Å²) in [5, 5.41) is -0.124. The first kappa shape index (κ1) is 27.9. The van der Waals surface area contributed by atoms with E-state index in [-0.39, 0.29) is 11.1 Å². The van der Waals surface area contributed by atoms with E-state index in [1.54, 1.807) is 18.2 Å². The molecule has 6 rings (SSSR count). The zero-order chi connectivity index (χ0) is 29.6. The van der Waals surface area contributed by atoms with E-state index in [1.807, 2.05) is 18.2 Å². The molecule has 0 aliphatic heterocycles. The molecule has 42 heavy (non-hydrogen) atoms. The van der Waals surface area contributed by atoms with Gasteiger partial charge < -0.3 is 4.74 Å².